The van der Waals surface area contributed by atoms with Crippen molar-refractivity contribution in [3.8, 4) is 0 Å². The Morgan fingerprint density at radius 3 is 2.79 bits per heavy atom. The molecule has 1 aliphatic rings. The fourth-order valence-corrected chi connectivity index (χ4v) is 2.49. The van der Waals surface area contributed by atoms with E-state index in [-0.39, 0.29) is 0 Å². The third-order valence-corrected chi connectivity index (χ3v) is 3.50. The molecule has 3 heterocycles. The lowest BCUT2D eigenvalue weighted by molar-refractivity contribution is 0.327. The fourth-order valence-electron chi connectivity index (χ4n) is 2.49. The Kier molecular flexibility index (Phi) is 3.06. The van der Waals surface area contributed by atoms with Gasteiger partial charge in [0, 0.05) is 25.2 Å². The Bertz CT molecular complexity index is 560. The molecule has 1 saturated heterocycles. The van der Waals surface area contributed by atoms with E-state index in [1.165, 1.54) is 0 Å². The number of nitrogens with two attached hydrogens (primary N) is 1. The lowest BCUT2D eigenvalue weighted by atomic mass is 9.96. The molecule has 0 spiro atoms. The van der Waals surface area contributed by atoms with Gasteiger partial charge in [-0.05, 0) is 31.9 Å². The second-order valence-electron chi connectivity index (χ2n) is 4.86. The SMILES string of the molecule is Cc1noc(C2CCN(c3ncccc3N)CC2)n1. The monoisotopic (exact) mass is 259 g/mol. The predicted molar refractivity (Wildman–Crippen MR) is 71.9 cm³/mol. The summed E-state index contributed by atoms with van der Waals surface area (Å²) in [6.45, 7) is 3.66. The van der Waals surface area contributed by atoms with Crippen LogP contribution in [0.15, 0.2) is 22.9 Å². The van der Waals surface area contributed by atoms with Gasteiger partial charge < -0.3 is 15.2 Å². The normalized spacial score (nSPS) is 16.8. The highest BCUT2D eigenvalue weighted by Crippen LogP contribution is 2.30. The van der Waals surface area contributed by atoms with E-state index in [2.05, 4.69) is 20.0 Å². The smallest absolute Gasteiger partial charge is 0.229 e. The van der Waals surface area contributed by atoms with E-state index < -0.39 is 0 Å². The summed E-state index contributed by atoms with van der Waals surface area (Å²) in [5.41, 5.74) is 6.69. The van der Waals surface area contributed by atoms with Gasteiger partial charge in [-0.25, -0.2) is 4.98 Å². The van der Waals surface area contributed by atoms with Gasteiger partial charge in [-0.1, -0.05) is 5.16 Å². The fraction of sp³-hybridized carbons (Fsp3) is 0.462. The molecule has 0 radical (unpaired) electrons. The number of pyridine rings is 1. The van der Waals surface area contributed by atoms with E-state index >= 15 is 0 Å². The molecule has 0 amide bonds. The number of rotatable bonds is 2. The Morgan fingerprint density at radius 1 is 1.37 bits per heavy atom. The molecule has 1 aliphatic heterocycles. The number of aromatic nitrogens is 3. The van der Waals surface area contributed by atoms with Crippen molar-refractivity contribution < 1.29 is 4.52 Å². The molecular weight excluding hydrogens is 242 g/mol. The van der Waals surface area contributed by atoms with Crippen LogP contribution in [0.2, 0.25) is 0 Å². The van der Waals surface area contributed by atoms with Crippen molar-refractivity contribution in [2.45, 2.75) is 25.7 Å². The first-order chi connectivity index (χ1) is 9.24. The summed E-state index contributed by atoms with van der Waals surface area (Å²) in [4.78, 5) is 10.9. The molecule has 2 aromatic heterocycles. The lowest BCUT2D eigenvalue weighted by Crippen LogP contribution is -2.34. The number of nitrogen functional groups attached to an aromatic ring is 1. The first-order valence-electron chi connectivity index (χ1n) is 6.49. The second kappa shape index (κ2) is 4.87. The Balaban J connectivity index is 1.68. The van der Waals surface area contributed by atoms with E-state index in [0.717, 1.165) is 43.3 Å². The summed E-state index contributed by atoms with van der Waals surface area (Å²) in [5, 5.41) is 3.85. The van der Waals surface area contributed by atoms with Crippen molar-refractivity contribution in [3.63, 3.8) is 0 Å². The minimum atomic E-state index is 0.349. The summed E-state index contributed by atoms with van der Waals surface area (Å²) in [5.74, 6) is 2.68. The minimum absolute atomic E-state index is 0.349. The number of anilines is 2. The van der Waals surface area contributed by atoms with Crippen molar-refractivity contribution in [2.75, 3.05) is 23.7 Å². The Hall–Kier alpha value is -2.11. The van der Waals surface area contributed by atoms with Crippen LogP contribution in [-0.4, -0.2) is 28.2 Å². The first kappa shape index (κ1) is 12.0. The van der Waals surface area contributed by atoms with Crippen LogP contribution in [0, 0.1) is 6.92 Å². The third kappa shape index (κ3) is 2.38. The Morgan fingerprint density at radius 2 is 2.16 bits per heavy atom. The van der Waals surface area contributed by atoms with Gasteiger partial charge in [0.05, 0.1) is 5.69 Å². The highest BCUT2D eigenvalue weighted by atomic mass is 16.5. The summed E-state index contributed by atoms with van der Waals surface area (Å²) in [6, 6.07) is 3.74. The second-order valence-corrected chi connectivity index (χ2v) is 4.86. The number of piperidine rings is 1. The molecule has 6 nitrogen and oxygen atoms in total. The summed E-state index contributed by atoms with van der Waals surface area (Å²) in [7, 11) is 0. The first-order valence-corrected chi connectivity index (χ1v) is 6.49. The largest absolute Gasteiger partial charge is 0.396 e. The van der Waals surface area contributed by atoms with Crippen molar-refractivity contribution in [3.05, 3.63) is 30.0 Å². The van der Waals surface area contributed by atoms with Crippen LogP contribution in [0.5, 0.6) is 0 Å². The summed E-state index contributed by atoms with van der Waals surface area (Å²) < 4.78 is 5.25. The van der Waals surface area contributed by atoms with Crippen LogP contribution in [0.1, 0.15) is 30.5 Å². The van der Waals surface area contributed by atoms with Crippen LogP contribution in [0.3, 0.4) is 0 Å². The zero-order valence-electron chi connectivity index (χ0n) is 10.9. The van der Waals surface area contributed by atoms with Gasteiger partial charge in [-0.2, -0.15) is 4.98 Å². The molecule has 100 valence electrons. The van der Waals surface area contributed by atoms with E-state index in [0.29, 0.717) is 11.7 Å². The standard InChI is InChI=1S/C13H17N5O/c1-9-16-13(19-17-9)10-4-7-18(8-5-10)12-11(14)3-2-6-15-12/h2-3,6,10H,4-5,7-8,14H2,1H3. The zero-order valence-corrected chi connectivity index (χ0v) is 10.9. The molecule has 0 unspecified atom stereocenters. The molecule has 0 atom stereocenters. The predicted octanol–water partition coefficient (Wildman–Crippen LogP) is 1.74. The maximum absolute atomic E-state index is 5.96. The molecule has 0 aromatic carbocycles. The third-order valence-electron chi connectivity index (χ3n) is 3.50. The van der Waals surface area contributed by atoms with Crippen LogP contribution in [-0.2, 0) is 0 Å². The minimum Gasteiger partial charge on any atom is -0.396 e. The number of aryl methyl sites for hydroxylation is 1. The molecule has 0 saturated carbocycles. The van der Waals surface area contributed by atoms with E-state index in [9.17, 15) is 0 Å². The van der Waals surface area contributed by atoms with E-state index in [4.69, 9.17) is 10.3 Å². The van der Waals surface area contributed by atoms with Gasteiger partial charge in [0.1, 0.15) is 0 Å². The molecule has 2 N–H and O–H groups in total. The zero-order chi connectivity index (χ0) is 13.2. The topological polar surface area (TPSA) is 81.1 Å². The van der Waals surface area contributed by atoms with Gasteiger partial charge in [-0.15, -0.1) is 0 Å². The highest BCUT2D eigenvalue weighted by Gasteiger charge is 2.26. The van der Waals surface area contributed by atoms with Crippen molar-refractivity contribution in [1.82, 2.24) is 15.1 Å². The lowest BCUT2D eigenvalue weighted by Gasteiger charge is -2.31. The Labute approximate surface area is 111 Å². The number of nitrogens with zero attached hydrogens (tertiary/aromatic N) is 4. The summed E-state index contributed by atoms with van der Waals surface area (Å²) >= 11 is 0. The van der Waals surface area contributed by atoms with Crippen molar-refractivity contribution in [1.29, 1.82) is 0 Å². The van der Waals surface area contributed by atoms with Crippen LogP contribution >= 0.6 is 0 Å². The quantitative estimate of drug-likeness (QED) is 0.884. The maximum Gasteiger partial charge on any atom is 0.229 e. The van der Waals surface area contributed by atoms with Gasteiger partial charge in [0.2, 0.25) is 5.89 Å². The maximum atomic E-state index is 5.96. The molecule has 6 heteroatoms. The number of hydrogen-bond donors (Lipinski definition) is 1. The van der Waals surface area contributed by atoms with Gasteiger partial charge in [-0.3, -0.25) is 0 Å². The summed E-state index contributed by atoms with van der Waals surface area (Å²) in [6.07, 6.45) is 3.74. The van der Waals surface area contributed by atoms with Gasteiger partial charge >= 0.3 is 0 Å². The van der Waals surface area contributed by atoms with Crippen molar-refractivity contribution >= 4 is 11.5 Å². The molecule has 1 fully saturated rings. The van der Waals surface area contributed by atoms with Gasteiger partial charge in [0.15, 0.2) is 11.6 Å². The highest BCUT2D eigenvalue weighted by molar-refractivity contribution is 5.62. The molecule has 3 rings (SSSR count). The average Bonchev–Trinajstić information content (AvgIpc) is 2.86. The van der Waals surface area contributed by atoms with Crippen LogP contribution < -0.4 is 10.6 Å². The van der Waals surface area contributed by atoms with Gasteiger partial charge in [0.25, 0.3) is 0 Å². The molecule has 0 aliphatic carbocycles. The van der Waals surface area contributed by atoms with Crippen LogP contribution in [0.25, 0.3) is 0 Å². The molecular formula is C13H17N5O. The van der Waals surface area contributed by atoms with Crippen LogP contribution in [0.4, 0.5) is 11.5 Å². The average molecular weight is 259 g/mol. The van der Waals surface area contributed by atoms with E-state index in [1.54, 1.807) is 6.20 Å². The number of hydrogen-bond acceptors (Lipinski definition) is 6. The van der Waals surface area contributed by atoms with Crippen molar-refractivity contribution in [2.24, 2.45) is 0 Å². The van der Waals surface area contributed by atoms with E-state index in [1.807, 2.05) is 19.1 Å². The molecule has 2 aromatic rings. The molecule has 0 bridgehead atoms. The molecule has 19 heavy (non-hydrogen) atoms.